The number of methoxy groups -OCH3 is 1. The third-order valence-corrected chi connectivity index (χ3v) is 4.09. The third kappa shape index (κ3) is 1.64. The van der Waals surface area contributed by atoms with Crippen LogP contribution in [0, 0.1) is 5.82 Å². The van der Waals surface area contributed by atoms with Crippen LogP contribution in [0.5, 0.6) is 5.75 Å². The Morgan fingerprint density at radius 1 is 1.50 bits per heavy atom. The minimum absolute atomic E-state index is 0.0505. The van der Waals surface area contributed by atoms with Gasteiger partial charge in [0.1, 0.15) is 0 Å². The monoisotopic (exact) mass is 287 g/mol. The molecule has 2 rings (SSSR count). The highest BCUT2D eigenvalue weighted by atomic mass is 79.9. The third-order valence-electron chi connectivity index (χ3n) is 3.43. The molecule has 0 bridgehead atoms. The van der Waals surface area contributed by atoms with E-state index in [1.165, 1.54) is 7.11 Å². The molecule has 0 heterocycles. The zero-order valence-electron chi connectivity index (χ0n) is 9.39. The predicted molar refractivity (Wildman–Crippen MR) is 65.2 cm³/mol. The van der Waals surface area contributed by atoms with Crippen LogP contribution in [0.2, 0.25) is 0 Å². The molecule has 0 aliphatic heterocycles. The lowest BCUT2D eigenvalue weighted by atomic mass is 9.89. The zero-order valence-corrected chi connectivity index (χ0v) is 11.0. The smallest absolute Gasteiger partial charge is 0.169 e. The Hall–Kier alpha value is -0.610. The quantitative estimate of drug-likeness (QED) is 0.928. The van der Waals surface area contributed by atoms with Gasteiger partial charge in [-0.25, -0.2) is 4.39 Å². The summed E-state index contributed by atoms with van der Waals surface area (Å²) < 4.78 is 20.0. The lowest BCUT2D eigenvalue weighted by Gasteiger charge is -2.23. The minimum atomic E-state index is -0.285. The first-order chi connectivity index (χ1) is 7.53. The summed E-state index contributed by atoms with van der Waals surface area (Å²) in [4.78, 5) is 0. The number of benzene rings is 1. The molecule has 1 aliphatic rings. The summed E-state index contributed by atoms with van der Waals surface area (Å²) in [6, 6.07) is 3.39. The van der Waals surface area contributed by atoms with E-state index in [1.54, 1.807) is 6.07 Å². The number of hydrogen-bond acceptors (Lipinski definition) is 2. The molecule has 1 atom stereocenters. The van der Waals surface area contributed by atoms with E-state index in [1.807, 2.05) is 13.0 Å². The topological polar surface area (TPSA) is 35.2 Å². The van der Waals surface area contributed by atoms with Gasteiger partial charge in [0.2, 0.25) is 0 Å². The van der Waals surface area contributed by atoms with Gasteiger partial charge in [-0.3, -0.25) is 0 Å². The fourth-order valence-electron chi connectivity index (χ4n) is 2.22. The van der Waals surface area contributed by atoms with Crippen molar-refractivity contribution in [1.29, 1.82) is 0 Å². The van der Waals surface area contributed by atoms with E-state index in [2.05, 4.69) is 15.9 Å². The van der Waals surface area contributed by atoms with E-state index < -0.39 is 0 Å². The number of rotatable bonds is 3. The van der Waals surface area contributed by atoms with Crippen LogP contribution in [0.4, 0.5) is 4.39 Å². The Morgan fingerprint density at radius 2 is 2.12 bits per heavy atom. The van der Waals surface area contributed by atoms with E-state index in [0.29, 0.717) is 5.56 Å². The van der Waals surface area contributed by atoms with Crippen molar-refractivity contribution >= 4 is 15.9 Å². The molecule has 1 aromatic rings. The van der Waals surface area contributed by atoms with Crippen LogP contribution >= 0.6 is 15.9 Å². The Balaban J connectivity index is 2.56. The highest BCUT2D eigenvalue weighted by molar-refractivity contribution is 9.10. The first-order valence-corrected chi connectivity index (χ1v) is 6.10. The van der Waals surface area contributed by atoms with Gasteiger partial charge in [0.15, 0.2) is 11.6 Å². The first kappa shape index (κ1) is 11.9. The molecule has 4 heteroatoms. The summed E-state index contributed by atoms with van der Waals surface area (Å²) in [5, 5.41) is 0. The van der Waals surface area contributed by atoms with E-state index in [-0.39, 0.29) is 23.0 Å². The van der Waals surface area contributed by atoms with E-state index in [9.17, 15) is 4.39 Å². The van der Waals surface area contributed by atoms with Gasteiger partial charge in [0.05, 0.1) is 7.11 Å². The lowest BCUT2D eigenvalue weighted by molar-refractivity contribution is 0.378. The van der Waals surface area contributed by atoms with Crippen LogP contribution in [-0.2, 0) is 5.41 Å². The molecule has 1 saturated carbocycles. The van der Waals surface area contributed by atoms with Crippen molar-refractivity contribution < 1.29 is 9.13 Å². The number of ether oxygens (including phenoxy) is 1. The minimum Gasteiger partial charge on any atom is -0.494 e. The van der Waals surface area contributed by atoms with Gasteiger partial charge >= 0.3 is 0 Å². The van der Waals surface area contributed by atoms with Gasteiger partial charge in [0.25, 0.3) is 0 Å². The maximum atomic E-state index is 14.2. The molecular formula is C12H15BrFNO. The molecule has 0 saturated heterocycles. The average molecular weight is 288 g/mol. The van der Waals surface area contributed by atoms with E-state index in [4.69, 9.17) is 10.5 Å². The van der Waals surface area contributed by atoms with E-state index in [0.717, 1.165) is 17.3 Å². The largest absolute Gasteiger partial charge is 0.494 e. The summed E-state index contributed by atoms with van der Waals surface area (Å²) >= 11 is 3.40. The lowest BCUT2D eigenvalue weighted by Crippen LogP contribution is -2.32. The summed E-state index contributed by atoms with van der Waals surface area (Å²) in [7, 11) is 1.47. The molecular weight excluding hydrogens is 273 g/mol. The summed E-state index contributed by atoms with van der Waals surface area (Å²) in [6.07, 6.45) is 1.88. The van der Waals surface area contributed by atoms with Crippen LogP contribution in [0.15, 0.2) is 16.6 Å². The van der Waals surface area contributed by atoms with Crippen LogP contribution in [0.3, 0.4) is 0 Å². The van der Waals surface area contributed by atoms with Gasteiger partial charge in [0, 0.05) is 21.5 Å². The van der Waals surface area contributed by atoms with Gasteiger partial charge in [-0.2, -0.15) is 0 Å². The van der Waals surface area contributed by atoms with Crippen molar-refractivity contribution in [3.8, 4) is 5.75 Å². The molecule has 1 aliphatic carbocycles. The normalized spacial score (nSPS) is 19.3. The van der Waals surface area contributed by atoms with Crippen molar-refractivity contribution in [2.75, 3.05) is 7.11 Å². The fourth-order valence-corrected chi connectivity index (χ4v) is 2.92. The number of halogens is 2. The first-order valence-electron chi connectivity index (χ1n) is 5.31. The van der Waals surface area contributed by atoms with Gasteiger partial charge in [-0.05, 0) is 31.9 Å². The van der Waals surface area contributed by atoms with Gasteiger partial charge in [-0.15, -0.1) is 0 Å². The van der Waals surface area contributed by atoms with Crippen LogP contribution in [0.1, 0.15) is 25.3 Å². The van der Waals surface area contributed by atoms with Crippen LogP contribution < -0.4 is 10.5 Å². The fraction of sp³-hybridized carbons (Fsp3) is 0.500. The molecule has 2 N–H and O–H groups in total. The molecule has 16 heavy (non-hydrogen) atoms. The Morgan fingerprint density at radius 3 is 2.56 bits per heavy atom. The summed E-state index contributed by atoms with van der Waals surface area (Å²) in [5.41, 5.74) is 6.42. The molecule has 0 radical (unpaired) electrons. The second-order valence-electron chi connectivity index (χ2n) is 4.38. The predicted octanol–water partition coefficient (Wildman–Crippen LogP) is 2.98. The second-order valence-corrected chi connectivity index (χ2v) is 5.24. The molecule has 1 aromatic carbocycles. The Labute approximate surface area is 103 Å². The maximum Gasteiger partial charge on any atom is 0.169 e. The van der Waals surface area contributed by atoms with Crippen molar-refractivity contribution in [3.63, 3.8) is 0 Å². The summed E-state index contributed by atoms with van der Waals surface area (Å²) in [5.74, 6) is -0.00296. The standard InChI is InChI=1S/C12H15BrFNO/c1-7(15)12(5-6-12)10-8(13)3-4-9(16-2)11(10)14/h3-4,7H,5-6,15H2,1-2H3. The van der Waals surface area contributed by atoms with Gasteiger partial charge in [-0.1, -0.05) is 15.9 Å². The highest BCUT2D eigenvalue weighted by Gasteiger charge is 2.50. The Kier molecular flexibility index (Phi) is 2.97. The van der Waals surface area contributed by atoms with Crippen molar-refractivity contribution in [1.82, 2.24) is 0 Å². The van der Waals surface area contributed by atoms with Crippen LogP contribution in [0.25, 0.3) is 0 Å². The molecule has 1 unspecified atom stereocenters. The molecule has 0 amide bonds. The average Bonchev–Trinajstić information content (AvgIpc) is 2.99. The highest BCUT2D eigenvalue weighted by Crippen LogP contribution is 2.54. The Bertz CT molecular complexity index is 416. The molecule has 2 nitrogen and oxygen atoms in total. The molecule has 1 fully saturated rings. The SMILES string of the molecule is COc1ccc(Br)c(C2(C(C)N)CC2)c1F. The molecule has 0 spiro atoms. The molecule has 88 valence electrons. The number of hydrogen-bond donors (Lipinski definition) is 1. The van der Waals surface area contributed by atoms with Crippen molar-refractivity contribution in [2.45, 2.75) is 31.2 Å². The second kappa shape index (κ2) is 4.00. The van der Waals surface area contributed by atoms with Crippen LogP contribution in [-0.4, -0.2) is 13.2 Å². The van der Waals surface area contributed by atoms with Crippen molar-refractivity contribution in [2.24, 2.45) is 5.73 Å². The maximum absolute atomic E-state index is 14.2. The molecule has 0 aromatic heterocycles. The summed E-state index contributed by atoms with van der Waals surface area (Å²) in [6.45, 7) is 1.93. The van der Waals surface area contributed by atoms with E-state index >= 15 is 0 Å². The van der Waals surface area contributed by atoms with Crippen molar-refractivity contribution in [3.05, 3.63) is 28.0 Å². The number of nitrogens with two attached hydrogens (primary N) is 1. The zero-order chi connectivity index (χ0) is 11.9. The van der Waals surface area contributed by atoms with Gasteiger partial charge < -0.3 is 10.5 Å².